The monoisotopic (exact) mass is 462 g/mol. The van der Waals surface area contributed by atoms with Gasteiger partial charge in [0, 0.05) is 17.7 Å². The highest BCUT2D eigenvalue weighted by molar-refractivity contribution is 7.99. The van der Waals surface area contributed by atoms with E-state index in [2.05, 4.69) is 28.1 Å². The molecule has 0 fully saturated rings. The van der Waals surface area contributed by atoms with Crippen LogP contribution in [0.2, 0.25) is 0 Å². The molecule has 32 heavy (non-hydrogen) atoms. The summed E-state index contributed by atoms with van der Waals surface area (Å²) < 4.78 is 0. The molecule has 3 amide bonds. The van der Waals surface area contributed by atoms with Gasteiger partial charge in [0.15, 0.2) is 0 Å². The second-order valence-corrected chi connectivity index (χ2v) is 10.6. The van der Waals surface area contributed by atoms with Gasteiger partial charge in [0.05, 0.1) is 12.1 Å². The molecule has 1 aliphatic heterocycles. The summed E-state index contributed by atoms with van der Waals surface area (Å²) in [6.45, 7) is 9.45. The normalized spacial score (nSPS) is 18.7. The van der Waals surface area contributed by atoms with Crippen molar-refractivity contribution >= 4 is 29.5 Å². The molecule has 2 rings (SSSR count). The third-order valence-electron chi connectivity index (χ3n) is 5.93. The first kappa shape index (κ1) is 26.2. The smallest absolute Gasteiger partial charge is 0.245 e. The molecule has 3 N–H and O–H groups in total. The van der Waals surface area contributed by atoms with Crippen LogP contribution in [-0.4, -0.2) is 60.6 Å². The van der Waals surface area contributed by atoms with Crippen molar-refractivity contribution in [2.24, 2.45) is 5.41 Å². The largest absolute Gasteiger partial charge is 0.347 e. The Hall–Kier alpha value is -2.06. The van der Waals surface area contributed by atoms with Crippen molar-refractivity contribution in [3.05, 3.63) is 29.8 Å². The van der Waals surface area contributed by atoms with Crippen LogP contribution < -0.4 is 16.0 Å². The highest BCUT2D eigenvalue weighted by Crippen LogP contribution is 2.36. The van der Waals surface area contributed by atoms with E-state index in [9.17, 15) is 14.4 Å². The van der Waals surface area contributed by atoms with Gasteiger partial charge in [-0.1, -0.05) is 45.9 Å². The van der Waals surface area contributed by atoms with Crippen LogP contribution in [0.15, 0.2) is 29.2 Å². The van der Waals surface area contributed by atoms with Gasteiger partial charge in [0.25, 0.3) is 0 Å². The summed E-state index contributed by atoms with van der Waals surface area (Å²) in [7, 11) is 3.35. The zero-order valence-corrected chi connectivity index (χ0v) is 21.1. The molecule has 0 bridgehead atoms. The minimum Gasteiger partial charge on any atom is -0.347 e. The van der Waals surface area contributed by atoms with Crippen molar-refractivity contribution in [3.63, 3.8) is 0 Å². The molecule has 0 unspecified atom stereocenters. The number of thioether (sulfide) groups is 1. The molecule has 0 saturated carbocycles. The van der Waals surface area contributed by atoms with Crippen LogP contribution in [-0.2, 0) is 14.4 Å². The van der Waals surface area contributed by atoms with Gasteiger partial charge in [-0.15, -0.1) is 11.8 Å². The number of carbonyl (C=O) groups excluding carboxylic acids is 3. The summed E-state index contributed by atoms with van der Waals surface area (Å²) in [5.74, 6) is 0.252. The van der Waals surface area contributed by atoms with Gasteiger partial charge in [0.1, 0.15) is 12.1 Å². The lowest BCUT2D eigenvalue weighted by molar-refractivity contribution is -0.145. The lowest BCUT2D eigenvalue weighted by atomic mass is 9.84. The van der Waals surface area contributed by atoms with Gasteiger partial charge in [0.2, 0.25) is 17.7 Å². The Morgan fingerprint density at radius 3 is 2.44 bits per heavy atom. The van der Waals surface area contributed by atoms with Crippen molar-refractivity contribution in [1.29, 1.82) is 0 Å². The van der Waals surface area contributed by atoms with E-state index in [1.807, 2.05) is 39.8 Å². The van der Waals surface area contributed by atoms with E-state index in [1.54, 1.807) is 32.8 Å². The van der Waals surface area contributed by atoms with Crippen molar-refractivity contribution in [2.45, 2.75) is 76.5 Å². The molecule has 0 saturated heterocycles. The Balaban J connectivity index is 2.21. The van der Waals surface area contributed by atoms with E-state index in [0.717, 1.165) is 17.7 Å². The Bertz CT molecular complexity index is 824. The predicted octanol–water partition coefficient (Wildman–Crippen LogP) is 2.72. The zero-order chi connectivity index (χ0) is 24.1. The Morgan fingerprint density at radius 1 is 1.19 bits per heavy atom. The fourth-order valence-corrected chi connectivity index (χ4v) is 5.16. The van der Waals surface area contributed by atoms with Crippen LogP contribution in [0.3, 0.4) is 0 Å². The summed E-state index contributed by atoms with van der Waals surface area (Å²) in [6.07, 6.45) is 1.29. The topological polar surface area (TPSA) is 90.5 Å². The average molecular weight is 463 g/mol. The number of fused-ring (bicyclic) bond motifs is 1. The number of nitrogens with zero attached hydrogens (tertiary/aromatic N) is 1. The minimum atomic E-state index is -0.687. The summed E-state index contributed by atoms with van der Waals surface area (Å²) >= 11 is 1.80. The fourth-order valence-electron chi connectivity index (χ4n) is 4.03. The second-order valence-electron chi connectivity index (χ2n) is 9.43. The quantitative estimate of drug-likeness (QED) is 0.553. The van der Waals surface area contributed by atoms with Crippen molar-refractivity contribution in [2.75, 3.05) is 19.8 Å². The van der Waals surface area contributed by atoms with Gasteiger partial charge in [-0.05, 0) is 43.9 Å². The highest BCUT2D eigenvalue weighted by Gasteiger charge is 2.40. The number of hydrogen-bond acceptors (Lipinski definition) is 5. The van der Waals surface area contributed by atoms with Gasteiger partial charge in [-0.2, -0.15) is 0 Å². The molecule has 1 aliphatic rings. The predicted molar refractivity (Wildman–Crippen MR) is 129 cm³/mol. The number of likely N-dealkylation sites (N-methyl/N-ethyl adjacent to an activating group) is 2. The number of amides is 3. The van der Waals surface area contributed by atoms with Crippen molar-refractivity contribution in [1.82, 2.24) is 20.9 Å². The number of hydrogen-bond donors (Lipinski definition) is 3. The summed E-state index contributed by atoms with van der Waals surface area (Å²) in [5, 5.41) is 8.89. The number of rotatable bonds is 8. The van der Waals surface area contributed by atoms with E-state index in [0.29, 0.717) is 6.42 Å². The Morgan fingerprint density at radius 2 is 1.84 bits per heavy atom. The molecular weight excluding hydrogens is 424 g/mol. The van der Waals surface area contributed by atoms with Gasteiger partial charge < -0.3 is 20.9 Å². The van der Waals surface area contributed by atoms with Crippen LogP contribution in [0.25, 0.3) is 0 Å². The van der Waals surface area contributed by atoms with E-state index in [1.165, 1.54) is 9.80 Å². The average Bonchev–Trinajstić information content (AvgIpc) is 2.75. The van der Waals surface area contributed by atoms with Crippen molar-refractivity contribution < 1.29 is 14.4 Å². The van der Waals surface area contributed by atoms with E-state index in [-0.39, 0.29) is 23.8 Å². The van der Waals surface area contributed by atoms with Gasteiger partial charge in [-0.25, -0.2) is 0 Å². The molecule has 178 valence electrons. The van der Waals surface area contributed by atoms with Crippen LogP contribution in [0.1, 0.15) is 59.1 Å². The summed E-state index contributed by atoms with van der Waals surface area (Å²) in [4.78, 5) is 41.8. The molecule has 1 aromatic carbocycles. The first-order valence-electron chi connectivity index (χ1n) is 11.3. The number of nitrogens with one attached hydrogen (secondary N) is 3. The molecule has 8 heteroatoms. The lowest BCUT2D eigenvalue weighted by Gasteiger charge is -2.39. The maximum absolute atomic E-state index is 13.5. The van der Waals surface area contributed by atoms with E-state index in [4.69, 9.17) is 0 Å². The van der Waals surface area contributed by atoms with E-state index < -0.39 is 23.5 Å². The maximum atomic E-state index is 13.5. The molecule has 0 aliphatic carbocycles. The Labute approximate surface area is 196 Å². The van der Waals surface area contributed by atoms with Crippen LogP contribution in [0, 0.1) is 5.41 Å². The summed E-state index contributed by atoms with van der Waals surface area (Å²) in [5.41, 5.74) is 0.636. The first-order valence-corrected chi connectivity index (χ1v) is 12.3. The third kappa shape index (κ3) is 6.25. The van der Waals surface area contributed by atoms with Gasteiger partial charge >= 0.3 is 0 Å². The maximum Gasteiger partial charge on any atom is 0.245 e. The Kier molecular flexibility index (Phi) is 9.16. The number of benzene rings is 1. The fraction of sp³-hybridized carbons (Fsp3) is 0.625. The molecule has 0 spiro atoms. The highest BCUT2D eigenvalue weighted by atomic mass is 32.2. The zero-order valence-electron chi connectivity index (χ0n) is 20.3. The van der Waals surface area contributed by atoms with Crippen LogP contribution in [0.4, 0.5) is 0 Å². The molecular formula is C24H38N4O3S. The van der Waals surface area contributed by atoms with Crippen LogP contribution in [0.5, 0.6) is 0 Å². The SMILES string of the molecule is CC[C@H](NC(=O)[C@H](C)NC)C(=O)N(C)[C@H](C(=O)N[C@@H]1CCSc2ccccc21)C(C)(C)C. The molecule has 4 atom stereocenters. The minimum absolute atomic E-state index is 0.0774. The molecule has 1 heterocycles. The standard InChI is InChI=1S/C24H38N4O3S/c1-8-17(26-21(29)15(2)25-6)23(31)28(7)20(24(3,4)5)22(30)27-18-13-14-32-19-12-10-9-11-16(18)19/h9-12,15,17-18,20,25H,8,13-14H2,1-7H3,(H,26,29)(H,27,30)/t15-,17-,18+,20+/m0/s1. The molecule has 1 aromatic rings. The van der Waals surface area contributed by atoms with E-state index >= 15 is 0 Å². The molecule has 7 nitrogen and oxygen atoms in total. The second kappa shape index (κ2) is 11.2. The first-order chi connectivity index (χ1) is 15.0. The number of carbonyl (C=O) groups is 3. The molecule has 0 aromatic heterocycles. The van der Waals surface area contributed by atoms with Crippen LogP contribution >= 0.6 is 11.8 Å². The molecule has 0 radical (unpaired) electrons. The third-order valence-corrected chi connectivity index (χ3v) is 7.05. The lowest BCUT2D eigenvalue weighted by Crippen LogP contribution is -2.59. The van der Waals surface area contributed by atoms with Gasteiger partial charge in [-0.3, -0.25) is 14.4 Å². The van der Waals surface area contributed by atoms with Crippen molar-refractivity contribution in [3.8, 4) is 0 Å². The summed E-state index contributed by atoms with van der Waals surface area (Å²) in [6, 6.07) is 6.28.